The van der Waals surface area contributed by atoms with Gasteiger partial charge in [-0.05, 0) is 24.3 Å². The van der Waals surface area contributed by atoms with Crippen LogP contribution in [0.5, 0.6) is 0 Å². The maximum Gasteiger partial charge on any atom is 0.293 e. The molecule has 1 heterocycles. The molecule has 5 nitrogen and oxygen atoms in total. The van der Waals surface area contributed by atoms with Crippen molar-refractivity contribution in [3.63, 3.8) is 0 Å². The second kappa shape index (κ2) is 3.03. The van der Waals surface area contributed by atoms with Gasteiger partial charge in [0.05, 0.1) is 11.6 Å². The number of hydrogen-bond acceptors (Lipinski definition) is 3. The van der Waals surface area contributed by atoms with Gasteiger partial charge in [-0.15, -0.1) is 4.68 Å². The fourth-order valence-electron chi connectivity index (χ4n) is 0.998. The molecule has 2 rings (SSSR count). The molecule has 0 atom stereocenters. The van der Waals surface area contributed by atoms with E-state index in [1.807, 2.05) is 18.2 Å². The van der Waals surface area contributed by atoms with Crippen LogP contribution in [0.3, 0.4) is 0 Å². The smallest absolute Gasteiger partial charge is 0.192 e. The minimum atomic E-state index is 0.636. The molecule has 0 aliphatic rings. The zero-order valence-corrected chi connectivity index (χ0v) is 6.68. The summed E-state index contributed by atoms with van der Waals surface area (Å²) >= 11 is 0. The molecular weight excluding hydrogens is 166 g/mol. The highest BCUT2D eigenvalue weighted by Gasteiger charge is 2.02. The maximum absolute atomic E-state index is 8.57. The third-order valence-electron chi connectivity index (χ3n) is 1.65. The molecule has 1 N–H and O–H groups in total. The van der Waals surface area contributed by atoms with E-state index in [9.17, 15) is 0 Å². The number of aromatic amines is 1. The molecule has 0 amide bonds. The molecule has 0 saturated carbocycles. The summed E-state index contributed by atoms with van der Waals surface area (Å²) in [5, 5.41) is 18.4. The second-order valence-corrected chi connectivity index (χ2v) is 2.46. The minimum absolute atomic E-state index is 0.636. The zero-order chi connectivity index (χ0) is 9.10. The Morgan fingerprint density at radius 2 is 2.08 bits per heavy atom. The third-order valence-corrected chi connectivity index (χ3v) is 1.65. The molecule has 0 radical (unpaired) electrons. The quantitative estimate of drug-likeness (QED) is 0.613. The van der Waals surface area contributed by atoms with Crippen LogP contribution < -0.4 is 4.68 Å². The summed E-state index contributed by atoms with van der Waals surface area (Å²) in [7, 11) is 0. The number of nitriles is 1. The summed E-state index contributed by atoms with van der Waals surface area (Å²) in [4.78, 5) is 0. The Morgan fingerprint density at radius 3 is 2.62 bits per heavy atom. The third kappa shape index (κ3) is 1.37. The van der Waals surface area contributed by atoms with Crippen LogP contribution in [0, 0.1) is 11.3 Å². The highest BCUT2D eigenvalue weighted by molar-refractivity contribution is 5.34. The van der Waals surface area contributed by atoms with Crippen molar-refractivity contribution in [1.82, 2.24) is 15.5 Å². The molecule has 62 valence electrons. The Morgan fingerprint density at radius 1 is 1.31 bits per heavy atom. The van der Waals surface area contributed by atoms with Crippen LogP contribution in [0.25, 0.3) is 5.69 Å². The molecule has 0 bridgehead atoms. The molecule has 0 fully saturated rings. The summed E-state index contributed by atoms with van der Waals surface area (Å²) in [6.45, 7) is 0. The van der Waals surface area contributed by atoms with E-state index in [0.29, 0.717) is 5.56 Å². The molecule has 0 aliphatic heterocycles. The van der Waals surface area contributed by atoms with E-state index in [1.165, 1.54) is 0 Å². The number of hydrogen-bond donors (Lipinski definition) is 1. The first kappa shape index (κ1) is 7.43. The molecule has 0 unspecified atom stereocenters. The van der Waals surface area contributed by atoms with Gasteiger partial charge in [0, 0.05) is 0 Å². The Balaban J connectivity index is 2.40. The number of aromatic nitrogens is 4. The number of tetrazole rings is 1. The van der Waals surface area contributed by atoms with E-state index in [1.54, 1.807) is 23.1 Å². The highest BCUT2D eigenvalue weighted by Crippen LogP contribution is 2.00. The molecule has 0 saturated heterocycles. The molecule has 0 spiro atoms. The Kier molecular flexibility index (Phi) is 1.73. The lowest BCUT2D eigenvalue weighted by atomic mass is 10.2. The molecule has 1 aromatic carbocycles. The van der Waals surface area contributed by atoms with Crippen LogP contribution in [0.15, 0.2) is 30.6 Å². The highest BCUT2D eigenvalue weighted by atomic mass is 15.5. The van der Waals surface area contributed by atoms with E-state index in [0.717, 1.165) is 5.69 Å². The van der Waals surface area contributed by atoms with Gasteiger partial charge in [0.25, 0.3) is 6.33 Å². The van der Waals surface area contributed by atoms with Crippen LogP contribution in [-0.2, 0) is 0 Å². The summed E-state index contributed by atoms with van der Waals surface area (Å²) in [5.74, 6) is 0. The van der Waals surface area contributed by atoms with Gasteiger partial charge in [0.1, 0.15) is 10.8 Å². The van der Waals surface area contributed by atoms with Crippen molar-refractivity contribution in [2.75, 3.05) is 0 Å². The lowest BCUT2D eigenvalue weighted by molar-refractivity contribution is -0.660. The zero-order valence-electron chi connectivity index (χ0n) is 6.68. The largest absolute Gasteiger partial charge is 0.293 e. The molecule has 5 heteroatoms. The summed E-state index contributed by atoms with van der Waals surface area (Å²) in [6.07, 6.45) is 1.56. The summed E-state index contributed by atoms with van der Waals surface area (Å²) < 4.78 is 1.65. The topological polar surface area (TPSA) is 69.2 Å². The van der Waals surface area contributed by atoms with Gasteiger partial charge in [-0.25, -0.2) is 0 Å². The lowest BCUT2D eigenvalue weighted by Gasteiger charge is -1.93. The molecular formula is C8H6N5+. The van der Waals surface area contributed by atoms with Gasteiger partial charge in [-0.3, -0.25) is 0 Å². The van der Waals surface area contributed by atoms with Crippen molar-refractivity contribution in [3.05, 3.63) is 36.2 Å². The first-order valence-corrected chi connectivity index (χ1v) is 3.68. The first-order valence-electron chi connectivity index (χ1n) is 3.68. The number of nitrogens with zero attached hydrogens (tertiary/aromatic N) is 4. The number of H-pyrrole nitrogens is 1. The number of benzene rings is 1. The minimum Gasteiger partial charge on any atom is -0.192 e. The number of rotatable bonds is 1. The SMILES string of the molecule is N#Cc1ccc(-[n+]2cnn[nH]2)cc1. The van der Waals surface area contributed by atoms with Crippen LogP contribution in [0.2, 0.25) is 0 Å². The monoisotopic (exact) mass is 172 g/mol. The number of nitrogens with one attached hydrogen (secondary N) is 1. The van der Waals surface area contributed by atoms with Crippen LogP contribution in [0.1, 0.15) is 5.56 Å². The van der Waals surface area contributed by atoms with Gasteiger partial charge in [-0.2, -0.15) is 5.26 Å². The van der Waals surface area contributed by atoms with E-state index in [-0.39, 0.29) is 0 Å². The predicted octanol–water partition coefficient (Wildman–Crippen LogP) is -0.0469. The standard InChI is InChI=1S/C8H5N5/c9-5-7-1-3-8(4-2-7)13-6-10-11-12-13/h1-4,6H/p+1. The average Bonchev–Trinajstić information content (AvgIpc) is 2.71. The van der Waals surface area contributed by atoms with E-state index in [2.05, 4.69) is 15.5 Å². The van der Waals surface area contributed by atoms with Crippen LogP contribution in [0.4, 0.5) is 0 Å². The Bertz CT molecular complexity index is 423. The Hall–Kier alpha value is -2.22. The second-order valence-electron chi connectivity index (χ2n) is 2.46. The van der Waals surface area contributed by atoms with Crippen molar-refractivity contribution in [3.8, 4) is 11.8 Å². The predicted molar refractivity (Wildman–Crippen MR) is 42.6 cm³/mol. The fraction of sp³-hybridized carbons (Fsp3) is 0. The average molecular weight is 172 g/mol. The van der Waals surface area contributed by atoms with Crippen LogP contribution >= 0.6 is 0 Å². The van der Waals surface area contributed by atoms with Crippen molar-refractivity contribution in [1.29, 1.82) is 5.26 Å². The van der Waals surface area contributed by atoms with E-state index < -0.39 is 0 Å². The molecule has 13 heavy (non-hydrogen) atoms. The van der Waals surface area contributed by atoms with Gasteiger partial charge < -0.3 is 0 Å². The van der Waals surface area contributed by atoms with Crippen molar-refractivity contribution < 1.29 is 4.68 Å². The van der Waals surface area contributed by atoms with Crippen molar-refractivity contribution in [2.45, 2.75) is 0 Å². The van der Waals surface area contributed by atoms with E-state index in [4.69, 9.17) is 5.26 Å². The van der Waals surface area contributed by atoms with Gasteiger partial charge in [0.2, 0.25) is 0 Å². The van der Waals surface area contributed by atoms with Crippen LogP contribution in [-0.4, -0.2) is 15.5 Å². The van der Waals surface area contributed by atoms with Crippen molar-refractivity contribution >= 4 is 0 Å². The normalized spacial score (nSPS) is 9.46. The molecule has 1 aromatic heterocycles. The summed E-state index contributed by atoms with van der Waals surface area (Å²) in [5.41, 5.74) is 1.53. The lowest BCUT2D eigenvalue weighted by Crippen LogP contribution is -2.31. The van der Waals surface area contributed by atoms with Gasteiger partial charge in [-0.1, -0.05) is 5.21 Å². The van der Waals surface area contributed by atoms with Gasteiger partial charge in [0.15, 0.2) is 5.21 Å². The summed E-state index contributed by atoms with van der Waals surface area (Å²) in [6, 6.07) is 9.16. The Labute approximate surface area is 74.2 Å². The van der Waals surface area contributed by atoms with Gasteiger partial charge >= 0.3 is 0 Å². The van der Waals surface area contributed by atoms with Crippen molar-refractivity contribution in [2.24, 2.45) is 0 Å². The fourth-order valence-corrected chi connectivity index (χ4v) is 0.998. The molecule has 0 aliphatic carbocycles. The maximum atomic E-state index is 8.57. The molecule has 2 aromatic rings. The van der Waals surface area contributed by atoms with E-state index >= 15 is 0 Å². The first-order chi connectivity index (χ1) is 6.40.